The molecule has 94 valence electrons. The molecule has 0 spiro atoms. The molecule has 4 nitrogen and oxygen atoms in total. The average Bonchev–Trinajstić information content (AvgIpc) is 2.88. The van der Waals surface area contributed by atoms with Crippen LogP contribution in [0.5, 0.6) is 0 Å². The molecule has 1 aromatic rings. The second-order valence-electron chi connectivity index (χ2n) is 4.64. The molecule has 1 atom stereocenters. The van der Waals surface area contributed by atoms with Crippen molar-refractivity contribution in [2.24, 2.45) is 5.92 Å². The summed E-state index contributed by atoms with van der Waals surface area (Å²) in [6.45, 7) is 4.03. The maximum absolute atomic E-state index is 12.0. The molecule has 0 aliphatic carbocycles. The van der Waals surface area contributed by atoms with Crippen LogP contribution in [0.2, 0.25) is 0 Å². The summed E-state index contributed by atoms with van der Waals surface area (Å²) < 4.78 is 0. The fraction of sp³-hybridized carbons (Fsp3) is 0.667. The molecular formula is C12H19N3OS. The van der Waals surface area contributed by atoms with Crippen molar-refractivity contribution in [1.82, 2.24) is 9.88 Å². The van der Waals surface area contributed by atoms with Crippen LogP contribution < -0.4 is 5.73 Å². The Balaban J connectivity index is 1.85. The zero-order valence-corrected chi connectivity index (χ0v) is 11.0. The van der Waals surface area contributed by atoms with E-state index in [-0.39, 0.29) is 5.91 Å². The lowest BCUT2D eigenvalue weighted by Crippen LogP contribution is -2.30. The summed E-state index contributed by atoms with van der Waals surface area (Å²) >= 11 is 1.39. The molecule has 1 aliphatic heterocycles. The smallest absolute Gasteiger partial charge is 0.228 e. The standard InChI is InChI=1S/C12H19N3OS/c1-2-3-9-4-5-15(7-9)11(16)6-10-8-17-12(13)14-10/h8-9H,2-7H2,1H3,(H2,13,14). The predicted molar refractivity (Wildman–Crippen MR) is 69.8 cm³/mol. The third-order valence-corrected chi connectivity index (χ3v) is 3.96. The molecule has 1 aliphatic rings. The number of hydrogen-bond donors (Lipinski definition) is 1. The van der Waals surface area contributed by atoms with Crippen molar-refractivity contribution in [3.63, 3.8) is 0 Å². The number of rotatable bonds is 4. The largest absolute Gasteiger partial charge is 0.375 e. The molecule has 0 saturated carbocycles. The summed E-state index contributed by atoms with van der Waals surface area (Å²) in [5.74, 6) is 0.887. The van der Waals surface area contributed by atoms with Gasteiger partial charge < -0.3 is 10.6 Å². The fourth-order valence-corrected chi connectivity index (χ4v) is 2.94. The Bertz CT molecular complexity index is 391. The second-order valence-corrected chi connectivity index (χ2v) is 5.53. The molecule has 0 aromatic carbocycles. The van der Waals surface area contributed by atoms with Crippen molar-refractivity contribution >= 4 is 22.4 Å². The highest BCUT2D eigenvalue weighted by molar-refractivity contribution is 7.13. The molecule has 2 rings (SSSR count). The van der Waals surface area contributed by atoms with Crippen molar-refractivity contribution in [3.8, 4) is 0 Å². The Morgan fingerprint density at radius 1 is 1.71 bits per heavy atom. The highest BCUT2D eigenvalue weighted by Gasteiger charge is 2.25. The summed E-state index contributed by atoms with van der Waals surface area (Å²) in [5, 5.41) is 2.41. The number of nitrogen functional groups attached to an aromatic ring is 1. The molecule has 1 amide bonds. The van der Waals surface area contributed by atoms with Gasteiger partial charge in [0.15, 0.2) is 5.13 Å². The van der Waals surface area contributed by atoms with E-state index >= 15 is 0 Å². The van der Waals surface area contributed by atoms with Crippen LogP contribution >= 0.6 is 11.3 Å². The number of likely N-dealkylation sites (tertiary alicyclic amines) is 1. The number of hydrogen-bond acceptors (Lipinski definition) is 4. The summed E-state index contributed by atoms with van der Waals surface area (Å²) in [7, 11) is 0. The van der Waals surface area contributed by atoms with E-state index in [1.165, 1.54) is 24.2 Å². The first-order chi connectivity index (χ1) is 8.19. The number of nitrogens with zero attached hydrogens (tertiary/aromatic N) is 2. The minimum atomic E-state index is 0.189. The first-order valence-corrected chi connectivity index (χ1v) is 7.04. The Kier molecular flexibility index (Phi) is 3.99. The zero-order valence-electron chi connectivity index (χ0n) is 10.2. The third kappa shape index (κ3) is 3.19. The summed E-state index contributed by atoms with van der Waals surface area (Å²) in [6, 6.07) is 0. The SMILES string of the molecule is CCCC1CCN(C(=O)Cc2csc(N)n2)C1. The normalized spacial score (nSPS) is 19.8. The number of anilines is 1. The third-order valence-electron chi connectivity index (χ3n) is 3.24. The lowest BCUT2D eigenvalue weighted by Gasteiger charge is -2.15. The number of carbonyl (C=O) groups excluding carboxylic acids is 1. The quantitative estimate of drug-likeness (QED) is 0.891. The fourth-order valence-electron chi connectivity index (χ4n) is 2.37. The van der Waals surface area contributed by atoms with E-state index in [4.69, 9.17) is 5.73 Å². The molecular weight excluding hydrogens is 234 g/mol. The summed E-state index contributed by atoms with van der Waals surface area (Å²) in [6.07, 6.45) is 3.98. The van der Waals surface area contributed by atoms with Gasteiger partial charge in [0, 0.05) is 18.5 Å². The van der Waals surface area contributed by atoms with Gasteiger partial charge in [-0.15, -0.1) is 11.3 Å². The molecule has 5 heteroatoms. The lowest BCUT2D eigenvalue weighted by atomic mass is 10.0. The van der Waals surface area contributed by atoms with Crippen molar-refractivity contribution in [2.75, 3.05) is 18.8 Å². The van der Waals surface area contributed by atoms with Crippen LogP contribution in [0.1, 0.15) is 31.9 Å². The van der Waals surface area contributed by atoms with Gasteiger partial charge in [0.2, 0.25) is 5.91 Å². The van der Waals surface area contributed by atoms with Gasteiger partial charge in [-0.2, -0.15) is 0 Å². The molecule has 1 fully saturated rings. The van der Waals surface area contributed by atoms with Gasteiger partial charge in [0.1, 0.15) is 0 Å². The van der Waals surface area contributed by atoms with E-state index < -0.39 is 0 Å². The van der Waals surface area contributed by atoms with Gasteiger partial charge in [-0.3, -0.25) is 4.79 Å². The molecule has 1 unspecified atom stereocenters. The number of aromatic nitrogens is 1. The molecule has 1 aromatic heterocycles. The van der Waals surface area contributed by atoms with Gasteiger partial charge in [0.05, 0.1) is 12.1 Å². The second kappa shape index (κ2) is 5.49. The number of nitrogens with two attached hydrogens (primary N) is 1. The highest BCUT2D eigenvalue weighted by atomic mass is 32.1. The molecule has 17 heavy (non-hydrogen) atoms. The molecule has 2 N–H and O–H groups in total. The van der Waals surface area contributed by atoms with Crippen LogP contribution in [0.4, 0.5) is 5.13 Å². The van der Waals surface area contributed by atoms with E-state index in [1.807, 2.05) is 10.3 Å². The van der Waals surface area contributed by atoms with Crippen molar-refractivity contribution in [3.05, 3.63) is 11.1 Å². The van der Waals surface area contributed by atoms with Crippen LogP contribution in [0, 0.1) is 5.92 Å². The maximum Gasteiger partial charge on any atom is 0.228 e. The van der Waals surface area contributed by atoms with Gasteiger partial charge >= 0.3 is 0 Å². The lowest BCUT2D eigenvalue weighted by molar-refractivity contribution is -0.129. The zero-order chi connectivity index (χ0) is 12.3. The van der Waals surface area contributed by atoms with Crippen LogP contribution in [0.3, 0.4) is 0 Å². The van der Waals surface area contributed by atoms with Crippen molar-refractivity contribution in [1.29, 1.82) is 0 Å². The first kappa shape index (κ1) is 12.4. The molecule has 1 saturated heterocycles. The van der Waals surface area contributed by atoms with E-state index in [2.05, 4.69) is 11.9 Å². The highest BCUT2D eigenvalue weighted by Crippen LogP contribution is 2.22. The molecule has 0 radical (unpaired) electrons. The first-order valence-electron chi connectivity index (χ1n) is 6.16. The Morgan fingerprint density at radius 3 is 3.18 bits per heavy atom. The van der Waals surface area contributed by atoms with Crippen molar-refractivity contribution in [2.45, 2.75) is 32.6 Å². The monoisotopic (exact) mass is 253 g/mol. The molecule has 2 heterocycles. The Labute approximate surface area is 106 Å². The van der Waals surface area contributed by atoms with E-state index in [1.54, 1.807) is 0 Å². The van der Waals surface area contributed by atoms with Gasteiger partial charge in [0.25, 0.3) is 0 Å². The minimum Gasteiger partial charge on any atom is -0.375 e. The minimum absolute atomic E-state index is 0.189. The van der Waals surface area contributed by atoms with Crippen molar-refractivity contribution < 1.29 is 4.79 Å². The average molecular weight is 253 g/mol. The number of thiazole rings is 1. The number of carbonyl (C=O) groups is 1. The Morgan fingerprint density at radius 2 is 2.53 bits per heavy atom. The van der Waals surface area contributed by atoms with Crippen LogP contribution in [0.25, 0.3) is 0 Å². The van der Waals surface area contributed by atoms with E-state index in [0.29, 0.717) is 17.5 Å². The van der Waals surface area contributed by atoms with Gasteiger partial charge in [-0.1, -0.05) is 13.3 Å². The van der Waals surface area contributed by atoms with Crippen LogP contribution in [-0.4, -0.2) is 28.9 Å². The van der Waals surface area contributed by atoms with Crippen LogP contribution in [-0.2, 0) is 11.2 Å². The van der Waals surface area contributed by atoms with E-state index in [0.717, 1.165) is 25.2 Å². The molecule has 0 bridgehead atoms. The topological polar surface area (TPSA) is 59.2 Å². The van der Waals surface area contributed by atoms with Gasteiger partial charge in [-0.25, -0.2) is 4.98 Å². The number of amides is 1. The van der Waals surface area contributed by atoms with E-state index in [9.17, 15) is 4.79 Å². The summed E-state index contributed by atoms with van der Waals surface area (Å²) in [5.41, 5.74) is 6.35. The van der Waals surface area contributed by atoms with Crippen LogP contribution in [0.15, 0.2) is 5.38 Å². The predicted octanol–water partition coefficient (Wildman–Crippen LogP) is 1.92. The van der Waals surface area contributed by atoms with Gasteiger partial charge in [-0.05, 0) is 18.8 Å². The summed E-state index contributed by atoms with van der Waals surface area (Å²) in [4.78, 5) is 18.1. The maximum atomic E-state index is 12.0. The Hall–Kier alpha value is -1.10.